The molecule has 1 saturated heterocycles. The van der Waals surface area contributed by atoms with Gasteiger partial charge in [-0.05, 0) is 49.7 Å². The first kappa shape index (κ1) is 23.7. The van der Waals surface area contributed by atoms with Crippen LogP contribution in [-0.4, -0.2) is 50.2 Å². The first-order chi connectivity index (χ1) is 16.4. The highest BCUT2D eigenvalue weighted by Crippen LogP contribution is 2.44. The molecular formula is C21H22F6N6O2. The fourth-order valence-corrected chi connectivity index (χ4v) is 5.08. The van der Waals surface area contributed by atoms with E-state index in [1.54, 1.807) is 6.92 Å². The highest BCUT2D eigenvalue weighted by atomic mass is 19.4. The van der Waals surface area contributed by atoms with Gasteiger partial charge in [0, 0.05) is 26.4 Å². The van der Waals surface area contributed by atoms with Crippen LogP contribution in [0.2, 0.25) is 0 Å². The molecule has 0 N–H and O–H groups in total. The minimum Gasteiger partial charge on any atom is -0.477 e. The number of rotatable bonds is 5. The van der Waals surface area contributed by atoms with Gasteiger partial charge in [-0.15, -0.1) is 5.10 Å². The fourth-order valence-electron chi connectivity index (χ4n) is 5.08. The van der Waals surface area contributed by atoms with Gasteiger partial charge in [-0.1, -0.05) is 5.10 Å². The van der Waals surface area contributed by atoms with Gasteiger partial charge in [-0.25, -0.2) is 9.50 Å². The van der Waals surface area contributed by atoms with Crippen molar-refractivity contribution in [3.05, 3.63) is 29.5 Å². The lowest BCUT2D eigenvalue weighted by Crippen LogP contribution is -2.43. The van der Waals surface area contributed by atoms with E-state index in [1.807, 2.05) is 4.90 Å². The third-order valence-corrected chi connectivity index (χ3v) is 6.78. The third kappa shape index (κ3) is 4.49. The van der Waals surface area contributed by atoms with Gasteiger partial charge in [0.25, 0.3) is 0 Å². The van der Waals surface area contributed by atoms with Crippen molar-refractivity contribution in [1.82, 2.24) is 24.8 Å². The zero-order chi connectivity index (χ0) is 25.1. The first-order valence-electron chi connectivity index (χ1n) is 11.1. The van der Waals surface area contributed by atoms with E-state index < -0.39 is 35.5 Å². The number of halogens is 6. The van der Waals surface area contributed by atoms with E-state index in [4.69, 9.17) is 9.15 Å². The van der Waals surface area contributed by atoms with Crippen LogP contribution < -0.4 is 9.64 Å². The highest BCUT2D eigenvalue weighted by molar-refractivity contribution is 5.54. The van der Waals surface area contributed by atoms with Crippen LogP contribution in [0.5, 0.6) is 5.75 Å². The van der Waals surface area contributed by atoms with Crippen LogP contribution in [0.1, 0.15) is 37.2 Å². The van der Waals surface area contributed by atoms with Crippen LogP contribution in [0.4, 0.5) is 32.4 Å². The van der Waals surface area contributed by atoms with Crippen LogP contribution in [0.15, 0.2) is 16.5 Å². The summed E-state index contributed by atoms with van der Waals surface area (Å²) in [6, 6.07) is 1.95. The maximum atomic E-state index is 13.6. The summed E-state index contributed by atoms with van der Waals surface area (Å²) in [6.07, 6.45) is -9.53. The summed E-state index contributed by atoms with van der Waals surface area (Å²) in [5.41, 5.74) is -1.53. The molecule has 1 aliphatic heterocycles. The molecule has 14 heteroatoms. The molecule has 190 valence electrons. The van der Waals surface area contributed by atoms with Crippen molar-refractivity contribution in [2.24, 2.45) is 17.8 Å². The Labute approximate surface area is 195 Å². The minimum absolute atomic E-state index is 0.112. The van der Waals surface area contributed by atoms with Crippen molar-refractivity contribution in [3.8, 4) is 5.75 Å². The Bertz CT molecular complexity index is 1210. The van der Waals surface area contributed by atoms with Crippen molar-refractivity contribution in [2.75, 3.05) is 18.0 Å². The fraction of sp³-hybridized carbons (Fsp3) is 0.619. The van der Waals surface area contributed by atoms with Crippen molar-refractivity contribution in [2.45, 2.75) is 51.6 Å². The second kappa shape index (κ2) is 8.26. The molecule has 0 aromatic carbocycles. The van der Waals surface area contributed by atoms with E-state index in [0.717, 1.165) is 25.8 Å². The first-order valence-corrected chi connectivity index (χ1v) is 11.1. The second-order valence-electron chi connectivity index (χ2n) is 9.12. The monoisotopic (exact) mass is 504 g/mol. The summed E-state index contributed by atoms with van der Waals surface area (Å²) in [5, 5.41) is 12.0. The molecule has 5 rings (SSSR count). The summed E-state index contributed by atoms with van der Waals surface area (Å²) in [6.45, 7) is 3.79. The Hall–Kier alpha value is -3.06. The van der Waals surface area contributed by atoms with Gasteiger partial charge >= 0.3 is 18.4 Å². The largest absolute Gasteiger partial charge is 0.477 e. The molecule has 2 aliphatic rings. The zero-order valence-electron chi connectivity index (χ0n) is 18.8. The molecule has 2 fully saturated rings. The van der Waals surface area contributed by atoms with E-state index in [2.05, 4.69) is 20.3 Å². The minimum atomic E-state index is -4.77. The molecule has 1 aliphatic carbocycles. The molecule has 3 aromatic rings. The lowest BCUT2D eigenvalue weighted by molar-refractivity contribution is -0.189. The van der Waals surface area contributed by atoms with Crippen LogP contribution in [0.25, 0.3) is 5.65 Å². The average Bonchev–Trinajstić information content (AvgIpc) is 3.43. The number of ether oxygens (including phenoxy) is 1. The summed E-state index contributed by atoms with van der Waals surface area (Å²) in [5.74, 6) is 0.731. The van der Waals surface area contributed by atoms with Gasteiger partial charge in [0.2, 0.25) is 5.89 Å². The van der Waals surface area contributed by atoms with Crippen molar-refractivity contribution < 1.29 is 35.5 Å². The molecule has 8 nitrogen and oxygen atoms in total. The maximum Gasteiger partial charge on any atom is 0.433 e. The smallest absolute Gasteiger partial charge is 0.433 e. The zero-order valence-corrected chi connectivity index (χ0v) is 18.8. The normalized spacial score (nSPS) is 23.8. The number of anilines is 1. The van der Waals surface area contributed by atoms with Gasteiger partial charge < -0.3 is 14.1 Å². The molecule has 2 bridgehead atoms. The van der Waals surface area contributed by atoms with E-state index in [9.17, 15) is 26.3 Å². The van der Waals surface area contributed by atoms with Gasteiger partial charge in [0.1, 0.15) is 5.69 Å². The Morgan fingerprint density at radius 3 is 2.34 bits per heavy atom. The Morgan fingerprint density at radius 2 is 1.77 bits per heavy atom. The van der Waals surface area contributed by atoms with Crippen molar-refractivity contribution in [3.63, 3.8) is 0 Å². The lowest BCUT2D eigenvalue weighted by atomic mass is 9.82. The summed E-state index contributed by atoms with van der Waals surface area (Å²) in [7, 11) is 0. The number of hydrogen-bond donors (Lipinski definition) is 0. The quantitative estimate of drug-likeness (QED) is 0.474. The number of pyridine rings is 1. The topological polar surface area (TPSA) is 81.6 Å². The van der Waals surface area contributed by atoms with Crippen LogP contribution in [0, 0.1) is 24.7 Å². The van der Waals surface area contributed by atoms with Gasteiger partial charge in [-0.3, -0.25) is 0 Å². The van der Waals surface area contributed by atoms with Crippen molar-refractivity contribution in [1.29, 1.82) is 0 Å². The number of alkyl halides is 6. The SMILES string of the molecule is Cc1nnc(N2C[C@H]3CC[C@@H](C2)C3Cc2nc3c(O[C@@H](C)C(F)(F)F)ccc(C(F)(F)F)n3n2)o1. The standard InChI is InChI=1S/C21H22F6N6O2/c1-10(20(22,23)24)34-15-5-6-16(21(25,26)27)33-18(15)28-17(31-33)7-14-12-3-4-13(14)9-32(8-12)19-30-29-11(2)35-19/h5-6,10,12-14H,3-4,7-9H2,1-2H3/t10-,12-,13+,14?/m0/s1. The van der Waals surface area contributed by atoms with Crippen LogP contribution in [-0.2, 0) is 12.6 Å². The van der Waals surface area contributed by atoms with Crippen LogP contribution in [0.3, 0.4) is 0 Å². The van der Waals surface area contributed by atoms with Gasteiger partial charge in [-0.2, -0.15) is 31.4 Å². The Morgan fingerprint density at radius 1 is 1.09 bits per heavy atom. The summed E-state index contributed by atoms with van der Waals surface area (Å²) in [4.78, 5) is 6.21. The van der Waals surface area contributed by atoms with Crippen LogP contribution >= 0.6 is 0 Å². The predicted molar refractivity (Wildman–Crippen MR) is 109 cm³/mol. The number of nitrogens with zero attached hydrogens (tertiary/aromatic N) is 6. The molecule has 4 atom stereocenters. The number of aromatic nitrogens is 5. The predicted octanol–water partition coefficient (Wildman–Crippen LogP) is 4.47. The van der Waals surface area contributed by atoms with Crippen molar-refractivity contribution >= 4 is 11.7 Å². The third-order valence-electron chi connectivity index (χ3n) is 6.78. The Kier molecular flexibility index (Phi) is 5.59. The number of piperidine rings is 1. The molecule has 0 spiro atoms. The molecule has 35 heavy (non-hydrogen) atoms. The molecule has 4 heterocycles. The van der Waals surface area contributed by atoms with E-state index >= 15 is 0 Å². The summed E-state index contributed by atoms with van der Waals surface area (Å²) >= 11 is 0. The second-order valence-corrected chi connectivity index (χ2v) is 9.12. The van der Waals surface area contributed by atoms with E-state index in [-0.39, 0.29) is 23.6 Å². The molecule has 0 radical (unpaired) electrons. The number of aryl methyl sites for hydroxylation is 1. The average molecular weight is 504 g/mol. The molecular weight excluding hydrogens is 482 g/mol. The Balaban J connectivity index is 1.42. The lowest BCUT2D eigenvalue weighted by Gasteiger charge is -2.36. The molecule has 0 amide bonds. The van der Waals surface area contributed by atoms with E-state index in [1.165, 1.54) is 0 Å². The molecule has 1 saturated carbocycles. The van der Waals surface area contributed by atoms with E-state index in [0.29, 0.717) is 42.0 Å². The summed E-state index contributed by atoms with van der Waals surface area (Å²) < 4.78 is 90.7. The number of hydrogen-bond acceptors (Lipinski definition) is 7. The molecule has 3 aromatic heterocycles. The van der Waals surface area contributed by atoms with Gasteiger partial charge in [0.05, 0.1) is 0 Å². The maximum absolute atomic E-state index is 13.6. The number of fused-ring (bicyclic) bond motifs is 3. The highest BCUT2D eigenvalue weighted by Gasteiger charge is 2.44. The molecule has 1 unspecified atom stereocenters. The van der Waals surface area contributed by atoms with Gasteiger partial charge in [0.15, 0.2) is 23.3 Å².